The van der Waals surface area contributed by atoms with Gasteiger partial charge in [0.15, 0.2) is 0 Å². The quantitative estimate of drug-likeness (QED) is 0.737. The molecular weight excluding hydrogens is 304 g/mol. The van der Waals surface area contributed by atoms with E-state index in [0.29, 0.717) is 12.8 Å². The van der Waals surface area contributed by atoms with Gasteiger partial charge in [-0.2, -0.15) is 0 Å². The summed E-state index contributed by atoms with van der Waals surface area (Å²) in [5.41, 5.74) is 4.59. The van der Waals surface area contributed by atoms with Crippen molar-refractivity contribution in [2.75, 3.05) is 0 Å². The van der Waals surface area contributed by atoms with Gasteiger partial charge in [-0.15, -0.1) is 0 Å². The van der Waals surface area contributed by atoms with E-state index in [1.165, 1.54) is 11.1 Å². The number of carboxylic acids is 2. The lowest BCUT2D eigenvalue weighted by atomic mass is 10.00. The molecule has 0 unspecified atom stereocenters. The van der Waals surface area contributed by atoms with Crippen molar-refractivity contribution in [3.8, 4) is 0 Å². The van der Waals surface area contributed by atoms with Crippen LogP contribution in [0.5, 0.6) is 0 Å². The minimum atomic E-state index is -0.775. The molecule has 2 aromatic rings. The Labute approximate surface area is 141 Å². The minimum Gasteiger partial charge on any atom is -0.481 e. The number of hydrogen-bond acceptors (Lipinski definition) is 2. The van der Waals surface area contributed by atoms with Gasteiger partial charge in [-0.05, 0) is 47.9 Å². The fourth-order valence-corrected chi connectivity index (χ4v) is 2.58. The Kier molecular flexibility index (Phi) is 6.55. The Bertz CT molecular complexity index is 672. The minimum absolute atomic E-state index is 0.155. The summed E-state index contributed by atoms with van der Waals surface area (Å²) in [6, 6.07) is 16.3. The van der Waals surface area contributed by atoms with Crippen LogP contribution in [-0.2, 0) is 28.9 Å². The molecule has 0 aliphatic rings. The summed E-state index contributed by atoms with van der Waals surface area (Å²) in [6.07, 6.45) is 3.19. The molecule has 0 atom stereocenters. The van der Waals surface area contributed by atoms with Gasteiger partial charge >= 0.3 is 11.9 Å². The second-order valence-electron chi connectivity index (χ2n) is 5.95. The average molecular weight is 326 g/mol. The summed E-state index contributed by atoms with van der Waals surface area (Å²) in [6.45, 7) is 0. The van der Waals surface area contributed by atoms with Gasteiger partial charge in [0.2, 0.25) is 0 Å². The molecule has 4 heteroatoms. The largest absolute Gasteiger partial charge is 0.481 e. The van der Waals surface area contributed by atoms with E-state index in [0.717, 1.165) is 24.0 Å². The SMILES string of the molecule is O=C(O)CCCc1ccc(Cc2ccc(CCC(=O)O)cc2)cc1. The Balaban J connectivity index is 1.86. The van der Waals surface area contributed by atoms with E-state index >= 15 is 0 Å². The van der Waals surface area contributed by atoms with Crippen LogP contribution in [0.1, 0.15) is 41.5 Å². The van der Waals surface area contributed by atoms with E-state index in [9.17, 15) is 9.59 Å². The van der Waals surface area contributed by atoms with Crippen molar-refractivity contribution in [1.29, 1.82) is 0 Å². The summed E-state index contributed by atoms with van der Waals surface area (Å²) in [7, 11) is 0. The number of aliphatic carboxylic acids is 2. The smallest absolute Gasteiger partial charge is 0.303 e. The van der Waals surface area contributed by atoms with Crippen molar-refractivity contribution in [1.82, 2.24) is 0 Å². The van der Waals surface area contributed by atoms with Crippen LogP contribution in [-0.4, -0.2) is 22.2 Å². The van der Waals surface area contributed by atoms with Gasteiger partial charge in [-0.3, -0.25) is 9.59 Å². The van der Waals surface area contributed by atoms with Crippen LogP contribution in [0.4, 0.5) is 0 Å². The molecule has 2 N–H and O–H groups in total. The van der Waals surface area contributed by atoms with Crippen molar-refractivity contribution in [3.63, 3.8) is 0 Å². The Morgan fingerprint density at radius 3 is 1.50 bits per heavy atom. The topological polar surface area (TPSA) is 74.6 Å². The molecule has 0 saturated heterocycles. The first-order valence-corrected chi connectivity index (χ1v) is 8.12. The molecule has 0 aliphatic heterocycles. The summed E-state index contributed by atoms with van der Waals surface area (Å²) >= 11 is 0. The van der Waals surface area contributed by atoms with Crippen molar-refractivity contribution in [2.45, 2.75) is 38.5 Å². The molecule has 0 spiro atoms. The van der Waals surface area contributed by atoms with Crippen molar-refractivity contribution in [2.24, 2.45) is 0 Å². The Hall–Kier alpha value is -2.62. The number of benzene rings is 2. The van der Waals surface area contributed by atoms with Gasteiger partial charge in [0.1, 0.15) is 0 Å². The first-order chi connectivity index (χ1) is 11.5. The number of carboxylic acid groups (broad SMARTS) is 2. The normalized spacial score (nSPS) is 10.5. The molecule has 0 aromatic heterocycles. The van der Waals surface area contributed by atoms with E-state index in [1.54, 1.807) is 0 Å². The summed E-state index contributed by atoms with van der Waals surface area (Å²) in [4.78, 5) is 21.1. The lowest BCUT2D eigenvalue weighted by Gasteiger charge is -2.06. The highest BCUT2D eigenvalue weighted by atomic mass is 16.4. The van der Waals surface area contributed by atoms with Crippen LogP contribution in [0.25, 0.3) is 0 Å². The molecule has 0 saturated carbocycles. The summed E-state index contributed by atoms with van der Waals surface area (Å²) in [5, 5.41) is 17.3. The predicted octanol–water partition coefficient (Wildman–Crippen LogP) is 3.70. The second-order valence-corrected chi connectivity index (χ2v) is 5.95. The van der Waals surface area contributed by atoms with Crippen LogP contribution in [0.3, 0.4) is 0 Å². The zero-order valence-electron chi connectivity index (χ0n) is 13.6. The van der Waals surface area contributed by atoms with Crippen LogP contribution in [0.15, 0.2) is 48.5 Å². The van der Waals surface area contributed by atoms with Crippen LogP contribution < -0.4 is 0 Å². The van der Waals surface area contributed by atoms with E-state index in [2.05, 4.69) is 24.3 Å². The molecule has 2 aromatic carbocycles. The Morgan fingerprint density at radius 1 is 0.625 bits per heavy atom. The van der Waals surface area contributed by atoms with Crippen LogP contribution in [0.2, 0.25) is 0 Å². The maximum atomic E-state index is 10.6. The van der Waals surface area contributed by atoms with Crippen LogP contribution in [0, 0.1) is 0 Å². The number of rotatable bonds is 9. The average Bonchev–Trinajstić information content (AvgIpc) is 2.55. The van der Waals surface area contributed by atoms with Crippen molar-refractivity contribution < 1.29 is 19.8 Å². The zero-order valence-corrected chi connectivity index (χ0v) is 13.6. The van der Waals surface area contributed by atoms with Gasteiger partial charge in [-0.25, -0.2) is 0 Å². The second kappa shape index (κ2) is 8.87. The first kappa shape index (κ1) is 17.7. The van der Waals surface area contributed by atoms with Crippen LogP contribution >= 0.6 is 0 Å². The van der Waals surface area contributed by atoms with Crippen molar-refractivity contribution in [3.05, 3.63) is 70.8 Å². The number of hydrogen-bond donors (Lipinski definition) is 2. The molecule has 0 amide bonds. The highest BCUT2D eigenvalue weighted by Gasteiger charge is 2.02. The lowest BCUT2D eigenvalue weighted by molar-refractivity contribution is -0.138. The third kappa shape index (κ3) is 6.24. The summed E-state index contributed by atoms with van der Waals surface area (Å²) in [5.74, 6) is -1.53. The third-order valence-corrected chi connectivity index (χ3v) is 3.94. The van der Waals surface area contributed by atoms with Gasteiger partial charge in [0.25, 0.3) is 0 Å². The van der Waals surface area contributed by atoms with E-state index in [4.69, 9.17) is 10.2 Å². The lowest BCUT2D eigenvalue weighted by Crippen LogP contribution is -1.98. The van der Waals surface area contributed by atoms with E-state index < -0.39 is 11.9 Å². The molecule has 0 radical (unpaired) electrons. The molecular formula is C20H22O4. The standard InChI is InChI=1S/C20H22O4/c21-19(22)3-1-2-15-4-8-17(9-5-15)14-18-10-6-16(7-11-18)12-13-20(23)24/h4-11H,1-3,12-14H2,(H,21,22)(H,23,24). The highest BCUT2D eigenvalue weighted by molar-refractivity contribution is 5.67. The molecule has 4 nitrogen and oxygen atoms in total. The van der Waals surface area contributed by atoms with E-state index in [1.807, 2.05) is 24.3 Å². The predicted molar refractivity (Wildman–Crippen MR) is 92.2 cm³/mol. The molecule has 0 aliphatic carbocycles. The van der Waals surface area contributed by atoms with Gasteiger partial charge in [-0.1, -0.05) is 48.5 Å². The highest BCUT2D eigenvalue weighted by Crippen LogP contribution is 2.14. The third-order valence-electron chi connectivity index (χ3n) is 3.94. The van der Waals surface area contributed by atoms with Gasteiger partial charge in [0, 0.05) is 12.8 Å². The molecule has 126 valence electrons. The fourth-order valence-electron chi connectivity index (χ4n) is 2.58. The molecule has 0 bridgehead atoms. The van der Waals surface area contributed by atoms with E-state index in [-0.39, 0.29) is 12.8 Å². The molecule has 2 rings (SSSR count). The van der Waals surface area contributed by atoms with Crippen molar-refractivity contribution >= 4 is 11.9 Å². The molecule has 0 fully saturated rings. The molecule has 0 heterocycles. The Morgan fingerprint density at radius 2 is 1.04 bits per heavy atom. The van der Waals surface area contributed by atoms with Gasteiger partial charge in [0.05, 0.1) is 0 Å². The maximum Gasteiger partial charge on any atom is 0.303 e. The first-order valence-electron chi connectivity index (χ1n) is 8.12. The zero-order chi connectivity index (χ0) is 17.4. The van der Waals surface area contributed by atoms with Gasteiger partial charge < -0.3 is 10.2 Å². The summed E-state index contributed by atoms with van der Waals surface area (Å²) < 4.78 is 0. The maximum absolute atomic E-state index is 10.6. The number of carbonyl (C=O) groups is 2. The number of aryl methyl sites for hydroxylation is 2. The fraction of sp³-hybridized carbons (Fsp3) is 0.300. The monoisotopic (exact) mass is 326 g/mol. The molecule has 24 heavy (non-hydrogen) atoms.